The molecule has 0 radical (unpaired) electrons. The van der Waals surface area contributed by atoms with Crippen molar-refractivity contribution in [3.63, 3.8) is 0 Å². The molecule has 0 aliphatic heterocycles. The van der Waals surface area contributed by atoms with E-state index in [-0.39, 0.29) is 0 Å². The molecule has 13 heavy (non-hydrogen) atoms. The van der Waals surface area contributed by atoms with E-state index < -0.39 is 0 Å². The van der Waals surface area contributed by atoms with E-state index in [1.165, 1.54) is 5.56 Å². The number of methoxy groups -OCH3 is 1. The highest BCUT2D eigenvalue weighted by Gasteiger charge is 2.03. The van der Waals surface area contributed by atoms with Crippen LogP contribution >= 0.6 is 11.6 Å². The van der Waals surface area contributed by atoms with E-state index in [0.29, 0.717) is 11.8 Å². The summed E-state index contributed by atoms with van der Waals surface area (Å²) in [7, 11) is 1.68. The van der Waals surface area contributed by atoms with Gasteiger partial charge in [-0.2, -0.15) is 0 Å². The van der Waals surface area contributed by atoms with Gasteiger partial charge in [-0.15, -0.1) is 11.6 Å². The molecule has 0 aliphatic carbocycles. The van der Waals surface area contributed by atoms with E-state index in [4.69, 9.17) is 16.3 Å². The van der Waals surface area contributed by atoms with Crippen LogP contribution in [0.3, 0.4) is 0 Å². The number of hydrogen-bond donors (Lipinski definition) is 0. The molecule has 72 valence electrons. The van der Waals surface area contributed by atoms with Gasteiger partial charge in [0.2, 0.25) is 0 Å². The minimum Gasteiger partial charge on any atom is -0.497 e. The van der Waals surface area contributed by atoms with Gasteiger partial charge in [0.25, 0.3) is 0 Å². The Balaban J connectivity index is 2.67. The van der Waals surface area contributed by atoms with Crippen molar-refractivity contribution in [1.82, 2.24) is 0 Å². The van der Waals surface area contributed by atoms with Crippen LogP contribution in [0.5, 0.6) is 5.75 Å². The molecule has 1 rings (SSSR count). The molecule has 0 spiro atoms. The molecule has 1 aromatic rings. The lowest BCUT2D eigenvalue weighted by Gasteiger charge is -2.10. The molecule has 2 heteroatoms. The second-order valence-corrected chi connectivity index (χ2v) is 3.53. The Morgan fingerprint density at radius 1 is 1.31 bits per heavy atom. The van der Waals surface area contributed by atoms with Crippen LogP contribution in [-0.2, 0) is 0 Å². The zero-order valence-corrected chi connectivity index (χ0v) is 8.84. The first kappa shape index (κ1) is 10.4. The summed E-state index contributed by atoms with van der Waals surface area (Å²) in [5.41, 5.74) is 1.32. The molecule has 0 bridgehead atoms. The SMILES string of the molecule is COc1ccc(C(C)CCCl)cc1. The Morgan fingerprint density at radius 2 is 1.92 bits per heavy atom. The maximum Gasteiger partial charge on any atom is 0.118 e. The van der Waals surface area contributed by atoms with Gasteiger partial charge in [0.15, 0.2) is 0 Å². The Labute approximate surface area is 84.7 Å². The zero-order valence-electron chi connectivity index (χ0n) is 8.09. The fraction of sp³-hybridized carbons (Fsp3) is 0.455. The largest absolute Gasteiger partial charge is 0.497 e. The molecule has 0 aliphatic rings. The monoisotopic (exact) mass is 198 g/mol. The normalized spacial score (nSPS) is 12.5. The van der Waals surface area contributed by atoms with Crippen LogP contribution in [-0.4, -0.2) is 13.0 Å². The van der Waals surface area contributed by atoms with Crippen molar-refractivity contribution in [3.8, 4) is 5.75 Å². The Morgan fingerprint density at radius 3 is 2.38 bits per heavy atom. The molecule has 0 saturated carbocycles. The second kappa shape index (κ2) is 5.13. The maximum absolute atomic E-state index is 5.68. The van der Waals surface area contributed by atoms with Crippen molar-refractivity contribution in [1.29, 1.82) is 0 Å². The average Bonchev–Trinajstić information content (AvgIpc) is 2.18. The number of benzene rings is 1. The standard InChI is InChI=1S/C11H15ClO/c1-9(7-8-12)10-3-5-11(13-2)6-4-10/h3-6,9H,7-8H2,1-2H3. The molecular weight excluding hydrogens is 184 g/mol. The number of alkyl halides is 1. The lowest BCUT2D eigenvalue weighted by atomic mass is 9.99. The van der Waals surface area contributed by atoms with Crippen LogP contribution in [0.25, 0.3) is 0 Å². The molecule has 0 aromatic heterocycles. The molecule has 1 atom stereocenters. The van der Waals surface area contributed by atoms with Crippen LogP contribution < -0.4 is 4.74 Å². The fourth-order valence-corrected chi connectivity index (χ4v) is 1.59. The molecule has 1 nitrogen and oxygen atoms in total. The van der Waals surface area contributed by atoms with Gasteiger partial charge in [0.1, 0.15) is 5.75 Å². The maximum atomic E-state index is 5.68. The summed E-state index contributed by atoms with van der Waals surface area (Å²) in [5, 5.41) is 0. The Hall–Kier alpha value is -0.690. The van der Waals surface area contributed by atoms with E-state index in [1.807, 2.05) is 12.1 Å². The minimum atomic E-state index is 0.531. The van der Waals surface area contributed by atoms with Crippen molar-refractivity contribution < 1.29 is 4.74 Å². The molecule has 1 aromatic carbocycles. The van der Waals surface area contributed by atoms with Gasteiger partial charge in [-0.3, -0.25) is 0 Å². The third-order valence-electron chi connectivity index (χ3n) is 2.23. The topological polar surface area (TPSA) is 9.23 Å². The van der Waals surface area contributed by atoms with Crippen molar-refractivity contribution in [2.24, 2.45) is 0 Å². The van der Waals surface area contributed by atoms with Gasteiger partial charge >= 0.3 is 0 Å². The van der Waals surface area contributed by atoms with Gasteiger partial charge < -0.3 is 4.74 Å². The summed E-state index contributed by atoms with van der Waals surface area (Å²) in [4.78, 5) is 0. The summed E-state index contributed by atoms with van der Waals surface area (Å²) in [5.74, 6) is 2.15. The van der Waals surface area contributed by atoms with Gasteiger partial charge in [0.05, 0.1) is 7.11 Å². The molecule has 0 N–H and O–H groups in total. The molecule has 0 heterocycles. The van der Waals surface area contributed by atoms with E-state index in [9.17, 15) is 0 Å². The highest BCUT2D eigenvalue weighted by molar-refractivity contribution is 6.17. The van der Waals surface area contributed by atoms with Crippen molar-refractivity contribution in [2.45, 2.75) is 19.3 Å². The van der Waals surface area contributed by atoms with Crippen LogP contribution in [0.4, 0.5) is 0 Å². The van der Waals surface area contributed by atoms with E-state index in [0.717, 1.165) is 12.2 Å². The molecule has 1 unspecified atom stereocenters. The smallest absolute Gasteiger partial charge is 0.118 e. The summed E-state index contributed by atoms with van der Waals surface area (Å²) in [6.45, 7) is 2.18. The average molecular weight is 199 g/mol. The van der Waals surface area contributed by atoms with E-state index in [1.54, 1.807) is 7.11 Å². The van der Waals surface area contributed by atoms with Crippen molar-refractivity contribution in [3.05, 3.63) is 29.8 Å². The fourth-order valence-electron chi connectivity index (χ4n) is 1.26. The number of ether oxygens (including phenoxy) is 1. The highest BCUT2D eigenvalue weighted by Crippen LogP contribution is 2.21. The Bertz CT molecular complexity index is 243. The lowest BCUT2D eigenvalue weighted by Crippen LogP contribution is -1.94. The summed E-state index contributed by atoms with van der Waals surface area (Å²) < 4.78 is 5.08. The van der Waals surface area contributed by atoms with Gasteiger partial charge in [-0.05, 0) is 30.0 Å². The van der Waals surface area contributed by atoms with Gasteiger partial charge in [-0.1, -0.05) is 19.1 Å². The number of halogens is 1. The molecule has 0 fully saturated rings. The Kier molecular flexibility index (Phi) is 4.10. The predicted octanol–water partition coefficient (Wildman–Crippen LogP) is 3.43. The summed E-state index contributed by atoms with van der Waals surface area (Å²) >= 11 is 5.68. The minimum absolute atomic E-state index is 0.531. The molecular formula is C11H15ClO. The highest BCUT2D eigenvalue weighted by atomic mass is 35.5. The quantitative estimate of drug-likeness (QED) is 0.674. The molecule has 0 saturated heterocycles. The summed E-state index contributed by atoms with van der Waals surface area (Å²) in [6, 6.07) is 8.16. The first-order valence-electron chi connectivity index (χ1n) is 4.48. The summed E-state index contributed by atoms with van der Waals surface area (Å²) in [6.07, 6.45) is 1.02. The van der Waals surface area contributed by atoms with E-state index >= 15 is 0 Å². The predicted molar refractivity (Wildman–Crippen MR) is 56.7 cm³/mol. The van der Waals surface area contributed by atoms with Crippen molar-refractivity contribution >= 4 is 11.6 Å². The third-order valence-corrected chi connectivity index (χ3v) is 2.45. The first-order chi connectivity index (χ1) is 6.27. The first-order valence-corrected chi connectivity index (χ1v) is 5.01. The van der Waals surface area contributed by atoms with Crippen molar-refractivity contribution in [2.75, 3.05) is 13.0 Å². The van der Waals surface area contributed by atoms with Crippen LogP contribution in [0.15, 0.2) is 24.3 Å². The van der Waals surface area contributed by atoms with Crippen LogP contribution in [0.1, 0.15) is 24.8 Å². The van der Waals surface area contributed by atoms with Crippen LogP contribution in [0.2, 0.25) is 0 Å². The molecule has 0 amide bonds. The third kappa shape index (κ3) is 2.92. The number of rotatable bonds is 4. The van der Waals surface area contributed by atoms with Gasteiger partial charge in [0, 0.05) is 5.88 Å². The van der Waals surface area contributed by atoms with Crippen LogP contribution in [0, 0.1) is 0 Å². The second-order valence-electron chi connectivity index (χ2n) is 3.15. The van der Waals surface area contributed by atoms with E-state index in [2.05, 4.69) is 19.1 Å². The number of hydrogen-bond acceptors (Lipinski definition) is 1. The lowest BCUT2D eigenvalue weighted by molar-refractivity contribution is 0.414. The zero-order chi connectivity index (χ0) is 9.68. The van der Waals surface area contributed by atoms with Gasteiger partial charge in [-0.25, -0.2) is 0 Å².